The molecule has 0 unspecified atom stereocenters. The number of hydrogen-bond acceptors (Lipinski definition) is 2. The monoisotopic (exact) mass is 246 g/mol. The number of nitrogens with zero attached hydrogens (tertiary/aromatic N) is 2. The van der Waals surface area contributed by atoms with Gasteiger partial charge >= 0.3 is 5.97 Å². The topological polar surface area (TPSA) is 55.1 Å². The van der Waals surface area contributed by atoms with Crippen LogP contribution in [0.15, 0.2) is 24.5 Å². The van der Waals surface area contributed by atoms with Gasteiger partial charge in [-0.15, -0.1) is 0 Å². The van der Waals surface area contributed by atoms with Gasteiger partial charge in [-0.1, -0.05) is 32.3 Å². The summed E-state index contributed by atoms with van der Waals surface area (Å²) in [6, 6.07) is 5.22. The van der Waals surface area contributed by atoms with Gasteiger partial charge in [-0.25, -0.2) is 9.78 Å². The number of hydrogen-bond donors (Lipinski definition) is 1. The molecule has 0 atom stereocenters. The maximum atomic E-state index is 11.2. The highest BCUT2D eigenvalue weighted by molar-refractivity contribution is 6.01. The number of carbonyl (C=O) groups is 1. The highest BCUT2D eigenvalue weighted by Crippen LogP contribution is 2.18. The van der Waals surface area contributed by atoms with E-state index in [9.17, 15) is 9.90 Å². The minimum Gasteiger partial charge on any atom is -0.478 e. The second kappa shape index (κ2) is 5.67. The zero-order chi connectivity index (χ0) is 13.0. The van der Waals surface area contributed by atoms with Gasteiger partial charge in [-0.2, -0.15) is 0 Å². The second-order valence-corrected chi connectivity index (χ2v) is 4.48. The molecule has 0 aliphatic carbocycles. The van der Waals surface area contributed by atoms with Crippen LogP contribution in [0.2, 0.25) is 0 Å². The van der Waals surface area contributed by atoms with Crippen LogP contribution in [0.5, 0.6) is 0 Å². The molecule has 0 aliphatic rings. The van der Waals surface area contributed by atoms with Gasteiger partial charge in [-0.05, 0) is 18.6 Å². The van der Waals surface area contributed by atoms with Gasteiger partial charge in [0, 0.05) is 6.54 Å². The normalized spacial score (nSPS) is 10.9. The molecular weight excluding hydrogens is 228 g/mol. The summed E-state index contributed by atoms with van der Waals surface area (Å²) in [7, 11) is 0. The molecule has 0 amide bonds. The van der Waals surface area contributed by atoms with Crippen LogP contribution < -0.4 is 0 Å². The quantitative estimate of drug-likeness (QED) is 0.795. The first-order valence-electron chi connectivity index (χ1n) is 6.41. The molecule has 1 heterocycles. The molecule has 0 aliphatic heterocycles. The molecule has 0 bridgehead atoms. The summed E-state index contributed by atoms with van der Waals surface area (Å²) in [4.78, 5) is 15.5. The zero-order valence-corrected chi connectivity index (χ0v) is 10.6. The number of fused-ring (bicyclic) bond motifs is 1. The number of para-hydroxylation sites is 1. The maximum Gasteiger partial charge on any atom is 0.337 e. The number of aryl methyl sites for hydroxylation is 1. The van der Waals surface area contributed by atoms with Crippen LogP contribution in [0.25, 0.3) is 11.0 Å². The minimum atomic E-state index is -0.893. The SMILES string of the molecule is CCCCCCn1cnc2cccc(C(=O)O)c21. The molecule has 0 spiro atoms. The van der Waals surface area contributed by atoms with Crippen molar-refractivity contribution in [2.45, 2.75) is 39.2 Å². The summed E-state index contributed by atoms with van der Waals surface area (Å²) >= 11 is 0. The number of aromatic carboxylic acids is 1. The van der Waals surface area contributed by atoms with Gasteiger partial charge < -0.3 is 9.67 Å². The van der Waals surface area contributed by atoms with Crippen molar-refractivity contribution in [3.63, 3.8) is 0 Å². The molecule has 0 saturated heterocycles. The first-order chi connectivity index (χ1) is 8.74. The second-order valence-electron chi connectivity index (χ2n) is 4.48. The largest absolute Gasteiger partial charge is 0.478 e. The third-order valence-electron chi connectivity index (χ3n) is 3.12. The third-order valence-corrected chi connectivity index (χ3v) is 3.12. The van der Waals surface area contributed by atoms with Gasteiger partial charge in [0.15, 0.2) is 0 Å². The highest BCUT2D eigenvalue weighted by atomic mass is 16.4. The van der Waals surface area contributed by atoms with Gasteiger partial charge in [0.1, 0.15) is 0 Å². The Kier molecular flexibility index (Phi) is 3.97. The Morgan fingerprint density at radius 3 is 2.89 bits per heavy atom. The molecular formula is C14H18N2O2. The van der Waals surface area contributed by atoms with E-state index in [0.717, 1.165) is 24.0 Å². The van der Waals surface area contributed by atoms with Crippen LogP contribution >= 0.6 is 0 Å². The van der Waals surface area contributed by atoms with Crippen molar-refractivity contribution >= 4 is 17.0 Å². The molecule has 4 heteroatoms. The van der Waals surface area contributed by atoms with Crippen molar-refractivity contribution < 1.29 is 9.90 Å². The van der Waals surface area contributed by atoms with Crippen LogP contribution in [0.1, 0.15) is 43.0 Å². The van der Waals surface area contributed by atoms with E-state index < -0.39 is 5.97 Å². The Hall–Kier alpha value is -1.84. The number of imidazole rings is 1. The molecule has 96 valence electrons. The summed E-state index contributed by atoms with van der Waals surface area (Å²) in [6.45, 7) is 3.01. The lowest BCUT2D eigenvalue weighted by Crippen LogP contribution is -2.03. The number of rotatable bonds is 6. The molecule has 0 fully saturated rings. The molecule has 0 radical (unpaired) electrons. The van der Waals surface area contributed by atoms with E-state index >= 15 is 0 Å². The zero-order valence-electron chi connectivity index (χ0n) is 10.6. The molecule has 1 N–H and O–H groups in total. The predicted molar refractivity (Wildman–Crippen MR) is 70.8 cm³/mol. The van der Waals surface area contributed by atoms with Crippen LogP contribution in [0.4, 0.5) is 0 Å². The van der Waals surface area contributed by atoms with E-state index in [2.05, 4.69) is 11.9 Å². The summed E-state index contributed by atoms with van der Waals surface area (Å²) in [5, 5.41) is 9.19. The number of benzene rings is 1. The summed E-state index contributed by atoms with van der Waals surface area (Å²) < 4.78 is 1.95. The first kappa shape index (κ1) is 12.6. The Morgan fingerprint density at radius 2 is 2.17 bits per heavy atom. The van der Waals surface area contributed by atoms with Gasteiger partial charge in [0.05, 0.1) is 22.9 Å². The maximum absolute atomic E-state index is 11.2. The van der Waals surface area contributed by atoms with Crippen molar-refractivity contribution in [2.75, 3.05) is 0 Å². The lowest BCUT2D eigenvalue weighted by atomic mass is 10.1. The Labute approximate surface area is 106 Å². The van der Waals surface area contributed by atoms with Crippen molar-refractivity contribution in [1.29, 1.82) is 0 Å². The van der Waals surface area contributed by atoms with Crippen LogP contribution in [-0.2, 0) is 6.54 Å². The smallest absolute Gasteiger partial charge is 0.337 e. The number of unbranched alkanes of at least 4 members (excludes halogenated alkanes) is 3. The summed E-state index contributed by atoms with van der Waals surface area (Å²) in [5.74, 6) is -0.893. The fraction of sp³-hybridized carbons (Fsp3) is 0.429. The highest BCUT2D eigenvalue weighted by Gasteiger charge is 2.12. The average Bonchev–Trinajstić information content (AvgIpc) is 2.77. The Bertz CT molecular complexity index is 546. The van der Waals surface area contributed by atoms with Crippen LogP contribution in [0, 0.1) is 0 Å². The molecule has 18 heavy (non-hydrogen) atoms. The number of aromatic nitrogens is 2. The van der Waals surface area contributed by atoms with Crippen LogP contribution in [-0.4, -0.2) is 20.6 Å². The number of carboxylic acid groups (broad SMARTS) is 1. The van der Waals surface area contributed by atoms with Crippen LogP contribution in [0.3, 0.4) is 0 Å². The van der Waals surface area contributed by atoms with E-state index in [0.29, 0.717) is 5.56 Å². The fourth-order valence-corrected chi connectivity index (χ4v) is 2.18. The van der Waals surface area contributed by atoms with Crippen molar-refractivity contribution in [3.8, 4) is 0 Å². The van der Waals surface area contributed by atoms with Gasteiger partial charge in [0.25, 0.3) is 0 Å². The molecule has 0 saturated carbocycles. The summed E-state index contributed by atoms with van der Waals surface area (Å²) in [6.07, 6.45) is 6.39. The van der Waals surface area contributed by atoms with E-state index in [-0.39, 0.29) is 0 Å². The van der Waals surface area contributed by atoms with E-state index in [1.165, 1.54) is 19.3 Å². The van der Waals surface area contributed by atoms with Crippen molar-refractivity contribution in [2.24, 2.45) is 0 Å². The van der Waals surface area contributed by atoms with E-state index in [1.54, 1.807) is 18.5 Å². The molecule has 4 nitrogen and oxygen atoms in total. The first-order valence-corrected chi connectivity index (χ1v) is 6.41. The minimum absolute atomic E-state index is 0.334. The summed E-state index contributed by atoms with van der Waals surface area (Å²) in [5.41, 5.74) is 1.83. The lowest BCUT2D eigenvalue weighted by molar-refractivity contribution is 0.0698. The average molecular weight is 246 g/mol. The van der Waals surface area contributed by atoms with Crippen molar-refractivity contribution in [3.05, 3.63) is 30.1 Å². The Balaban J connectivity index is 2.25. The third kappa shape index (κ3) is 2.53. The van der Waals surface area contributed by atoms with Gasteiger partial charge in [-0.3, -0.25) is 0 Å². The molecule has 1 aromatic carbocycles. The molecule has 2 aromatic rings. The van der Waals surface area contributed by atoms with E-state index in [4.69, 9.17) is 0 Å². The fourth-order valence-electron chi connectivity index (χ4n) is 2.18. The van der Waals surface area contributed by atoms with E-state index in [1.807, 2.05) is 10.6 Å². The lowest BCUT2D eigenvalue weighted by Gasteiger charge is -2.06. The predicted octanol–water partition coefficient (Wildman–Crippen LogP) is 3.31. The number of carboxylic acids is 1. The van der Waals surface area contributed by atoms with Gasteiger partial charge in [0.2, 0.25) is 0 Å². The Morgan fingerprint density at radius 1 is 1.33 bits per heavy atom. The standard InChI is InChI=1S/C14H18N2O2/c1-2-3-4-5-9-16-10-15-12-8-6-7-11(13(12)16)14(17)18/h6-8,10H,2-5,9H2,1H3,(H,17,18). The molecule has 2 rings (SSSR count). The van der Waals surface area contributed by atoms with Crippen molar-refractivity contribution in [1.82, 2.24) is 9.55 Å². The molecule has 1 aromatic heterocycles.